The summed E-state index contributed by atoms with van der Waals surface area (Å²) in [4.78, 5) is 11.7. The maximum atomic E-state index is 12.8. The maximum Gasteiger partial charge on any atom is 0.252 e. The highest BCUT2D eigenvalue weighted by molar-refractivity contribution is 6.33. The lowest BCUT2D eigenvalue weighted by Crippen LogP contribution is -2.34. The van der Waals surface area contributed by atoms with Crippen molar-refractivity contribution in [2.75, 3.05) is 20.8 Å². The van der Waals surface area contributed by atoms with Gasteiger partial charge in [0.15, 0.2) is 6.29 Å². The minimum absolute atomic E-state index is 0.0638. The minimum atomic E-state index is -0.529. The van der Waals surface area contributed by atoms with E-state index in [4.69, 9.17) is 21.1 Å². The lowest BCUT2D eigenvalue weighted by Gasteiger charge is -2.14. The van der Waals surface area contributed by atoms with Gasteiger partial charge in [-0.25, -0.2) is 4.39 Å². The van der Waals surface area contributed by atoms with Crippen LogP contribution in [0.3, 0.4) is 0 Å². The lowest BCUT2D eigenvalue weighted by molar-refractivity contribution is -0.0974. The Bertz CT molecular complexity index is 396. The molecule has 6 heteroatoms. The molecule has 94 valence electrons. The highest BCUT2D eigenvalue weighted by Crippen LogP contribution is 2.16. The van der Waals surface area contributed by atoms with Crippen molar-refractivity contribution in [1.29, 1.82) is 0 Å². The fourth-order valence-electron chi connectivity index (χ4n) is 1.21. The second kappa shape index (κ2) is 6.54. The summed E-state index contributed by atoms with van der Waals surface area (Å²) in [5.74, 6) is -0.896. The topological polar surface area (TPSA) is 47.6 Å². The third kappa shape index (κ3) is 3.96. The molecule has 0 bridgehead atoms. The van der Waals surface area contributed by atoms with E-state index >= 15 is 0 Å². The average molecular weight is 262 g/mol. The molecular weight excluding hydrogens is 249 g/mol. The molecule has 1 amide bonds. The Morgan fingerprint density at radius 2 is 2.12 bits per heavy atom. The van der Waals surface area contributed by atoms with Crippen molar-refractivity contribution in [3.63, 3.8) is 0 Å². The van der Waals surface area contributed by atoms with E-state index in [-0.39, 0.29) is 17.1 Å². The third-order valence-electron chi connectivity index (χ3n) is 2.13. The van der Waals surface area contributed by atoms with Crippen LogP contribution in [0.4, 0.5) is 4.39 Å². The largest absolute Gasteiger partial charge is 0.354 e. The second-order valence-corrected chi connectivity index (χ2v) is 3.64. The van der Waals surface area contributed by atoms with Gasteiger partial charge in [-0.15, -0.1) is 0 Å². The van der Waals surface area contributed by atoms with E-state index in [0.717, 1.165) is 6.07 Å². The summed E-state index contributed by atoms with van der Waals surface area (Å²) in [6.07, 6.45) is -0.529. The van der Waals surface area contributed by atoms with Gasteiger partial charge in [0.2, 0.25) is 0 Å². The van der Waals surface area contributed by atoms with Crippen LogP contribution in [0, 0.1) is 5.82 Å². The predicted octanol–water partition coefficient (Wildman–Crippen LogP) is 1.83. The lowest BCUT2D eigenvalue weighted by atomic mass is 10.2. The van der Waals surface area contributed by atoms with Crippen molar-refractivity contribution in [3.8, 4) is 0 Å². The molecule has 0 aliphatic rings. The molecule has 0 fully saturated rings. The van der Waals surface area contributed by atoms with Crippen molar-refractivity contribution in [1.82, 2.24) is 5.32 Å². The van der Waals surface area contributed by atoms with E-state index in [9.17, 15) is 9.18 Å². The molecule has 1 rings (SSSR count). The molecule has 1 aromatic carbocycles. The van der Waals surface area contributed by atoms with Crippen LogP contribution in [0.5, 0.6) is 0 Å². The minimum Gasteiger partial charge on any atom is -0.354 e. The summed E-state index contributed by atoms with van der Waals surface area (Å²) < 4.78 is 22.6. The number of carbonyl (C=O) groups is 1. The Balaban J connectivity index is 2.64. The van der Waals surface area contributed by atoms with Crippen LogP contribution in [0.2, 0.25) is 5.02 Å². The van der Waals surface area contributed by atoms with Crippen LogP contribution in [0.1, 0.15) is 10.4 Å². The first kappa shape index (κ1) is 13.9. The molecule has 0 atom stereocenters. The Hall–Kier alpha value is -1.17. The number of rotatable bonds is 5. The standard InChI is InChI=1S/C11H13ClFNO3/c1-16-10(17-2)6-14-11(15)8-4-3-7(13)5-9(8)12/h3-5,10H,6H2,1-2H3,(H,14,15). The first-order valence-corrected chi connectivity index (χ1v) is 5.25. The van der Waals surface area contributed by atoms with E-state index in [0.29, 0.717) is 0 Å². The second-order valence-electron chi connectivity index (χ2n) is 3.24. The van der Waals surface area contributed by atoms with Gasteiger partial charge in [-0.3, -0.25) is 4.79 Å². The van der Waals surface area contributed by atoms with Crippen LogP contribution < -0.4 is 5.32 Å². The number of hydrogen-bond acceptors (Lipinski definition) is 3. The van der Waals surface area contributed by atoms with Crippen LogP contribution >= 0.6 is 11.6 Å². The van der Waals surface area contributed by atoms with Gasteiger partial charge in [0, 0.05) is 14.2 Å². The number of benzene rings is 1. The summed E-state index contributed by atoms with van der Waals surface area (Å²) >= 11 is 5.74. The van der Waals surface area contributed by atoms with E-state index in [1.54, 1.807) is 0 Å². The fourth-order valence-corrected chi connectivity index (χ4v) is 1.46. The molecule has 0 heterocycles. The number of methoxy groups -OCH3 is 2. The summed E-state index contributed by atoms with van der Waals surface area (Å²) in [5.41, 5.74) is 0.207. The van der Waals surface area contributed by atoms with Crippen molar-refractivity contribution in [2.24, 2.45) is 0 Å². The Labute approximate surface area is 104 Å². The van der Waals surface area contributed by atoms with Crippen molar-refractivity contribution in [3.05, 3.63) is 34.6 Å². The first-order chi connectivity index (χ1) is 8.08. The summed E-state index contributed by atoms with van der Waals surface area (Å²) in [7, 11) is 2.93. The SMILES string of the molecule is COC(CNC(=O)c1ccc(F)cc1Cl)OC. The van der Waals surface area contributed by atoms with Crippen molar-refractivity contribution in [2.45, 2.75) is 6.29 Å². The van der Waals surface area contributed by atoms with E-state index in [1.165, 1.54) is 26.4 Å². The third-order valence-corrected chi connectivity index (χ3v) is 2.44. The monoisotopic (exact) mass is 261 g/mol. The summed E-state index contributed by atoms with van der Waals surface area (Å²) in [6, 6.07) is 3.58. The fraction of sp³-hybridized carbons (Fsp3) is 0.364. The molecule has 0 aromatic heterocycles. The molecule has 0 saturated heterocycles. The van der Waals surface area contributed by atoms with Gasteiger partial charge in [0.1, 0.15) is 5.82 Å². The van der Waals surface area contributed by atoms with Gasteiger partial charge >= 0.3 is 0 Å². The molecule has 0 saturated carbocycles. The zero-order valence-corrected chi connectivity index (χ0v) is 10.3. The highest BCUT2D eigenvalue weighted by Gasteiger charge is 2.13. The van der Waals surface area contributed by atoms with Gasteiger partial charge < -0.3 is 14.8 Å². The molecular formula is C11H13ClFNO3. The first-order valence-electron chi connectivity index (χ1n) is 4.87. The number of hydrogen-bond donors (Lipinski definition) is 1. The van der Waals surface area contributed by atoms with Gasteiger partial charge in [0.05, 0.1) is 17.1 Å². The van der Waals surface area contributed by atoms with Gasteiger partial charge in [0.25, 0.3) is 5.91 Å². The number of halogens is 2. The van der Waals surface area contributed by atoms with Crippen LogP contribution in [0.15, 0.2) is 18.2 Å². The number of nitrogens with one attached hydrogen (secondary N) is 1. The normalized spacial score (nSPS) is 10.6. The van der Waals surface area contributed by atoms with E-state index in [1.807, 2.05) is 0 Å². The quantitative estimate of drug-likeness (QED) is 0.823. The van der Waals surface area contributed by atoms with Crippen LogP contribution in [0.25, 0.3) is 0 Å². The van der Waals surface area contributed by atoms with E-state index < -0.39 is 18.0 Å². The van der Waals surface area contributed by atoms with Crippen LogP contribution in [-0.2, 0) is 9.47 Å². The van der Waals surface area contributed by atoms with Gasteiger partial charge in [-0.2, -0.15) is 0 Å². The molecule has 1 aromatic rings. The molecule has 0 radical (unpaired) electrons. The maximum absolute atomic E-state index is 12.8. The van der Waals surface area contributed by atoms with E-state index in [2.05, 4.69) is 5.32 Å². The number of ether oxygens (including phenoxy) is 2. The average Bonchev–Trinajstić information content (AvgIpc) is 2.30. The summed E-state index contributed by atoms with van der Waals surface area (Å²) in [6.45, 7) is 0.180. The smallest absolute Gasteiger partial charge is 0.252 e. The molecule has 0 aliphatic heterocycles. The van der Waals surface area contributed by atoms with Crippen molar-refractivity contribution >= 4 is 17.5 Å². The Morgan fingerprint density at radius 3 is 2.65 bits per heavy atom. The summed E-state index contributed by atoms with van der Waals surface area (Å²) in [5, 5.41) is 2.63. The molecule has 0 aliphatic carbocycles. The predicted molar refractivity (Wildman–Crippen MR) is 61.5 cm³/mol. The zero-order valence-electron chi connectivity index (χ0n) is 9.50. The van der Waals surface area contributed by atoms with Crippen LogP contribution in [-0.4, -0.2) is 33.0 Å². The molecule has 0 spiro atoms. The highest BCUT2D eigenvalue weighted by atomic mass is 35.5. The molecule has 17 heavy (non-hydrogen) atoms. The van der Waals surface area contributed by atoms with Gasteiger partial charge in [-0.1, -0.05) is 11.6 Å². The number of carbonyl (C=O) groups excluding carboxylic acids is 1. The molecule has 0 unspecified atom stereocenters. The molecule has 1 N–H and O–H groups in total. The Kier molecular flexibility index (Phi) is 5.34. The zero-order chi connectivity index (χ0) is 12.8. The molecule has 4 nitrogen and oxygen atoms in total. The van der Waals surface area contributed by atoms with Crippen molar-refractivity contribution < 1.29 is 18.7 Å². The van der Waals surface area contributed by atoms with Gasteiger partial charge in [-0.05, 0) is 18.2 Å². The number of amides is 1. The Morgan fingerprint density at radius 1 is 1.47 bits per heavy atom.